The van der Waals surface area contributed by atoms with Gasteiger partial charge in [-0.15, -0.1) is 0 Å². The third-order valence-corrected chi connectivity index (χ3v) is 2.40. The number of benzene rings is 1. The molecule has 0 aliphatic heterocycles. The van der Waals surface area contributed by atoms with Gasteiger partial charge >= 0.3 is 5.97 Å². The van der Waals surface area contributed by atoms with Crippen molar-refractivity contribution in [3.8, 4) is 0 Å². The van der Waals surface area contributed by atoms with E-state index in [4.69, 9.17) is 5.11 Å². The number of aliphatic carboxylic acids is 1. The molecule has 0 spiro atoms. The average Bonchev–Trinajstić information content (AvgIpc) is 2.18. The van der Waals surface area contributed by atoms with Crippen molar-refractivity contribution in [2.45, 2.75) is 19.4 Å². The Morgan fingerprint density at radius 1 is 1.40 bits per heavy atom. The molecule has 15 heavy (non-hydrogen) atoms. The summed E-state index contributed by atoms with van der Waals surface area (Å²) in [6, 6.07) is 7.01. The topological polar surface area (TPSA) is 66.4 Å². The first-order valence-electron chi connectivity index (χ1n) is 4.52. The molecule has 0 aliphatic carbocycles. The predicted octanol–water partition coefficient (Wildman–Crippen LogP) is 1.04. The van der Waals surface area contributed by atoms with E-state index in [9.17, 15) is 9.59 Å². The van der Waals surface area contributed by atoms with Crippen LogP contribution in [0.25, 0.3) is 0 Å². The fourth-order valence-corrected chi connectivity index (χ4v) is 1.27. The van der Waals surface area contributed by atoms with Crippen LogP contribution < -0.4 is 5.32 Å². The maximum atomic E-state index is 11.1. The standard InChI is InChI=1S/C11H13NO3/c1-8-3-5-9(6-4-8)11(2,10(14)15)12-7-13/h3-7H,1-2H3,(H,12,13)(H,14,15). The molecule has 0 aliphatic rings. The normalized spacial score (nSPS) is 14.0. The number of aryl methyl sites for hydroxylation is 1. The number of nitrogens with one attached hydrogen (secondary N) is 1. The van der Waals surface area contributed by atoms with Crippen LogP contribution in [-0.2, 0) is 15.1 Å². The summed E-state index contributed by atoms with van der Waals surface area (Å²) in [5, 5.41) is 11.4. The summed E-state index contributed by atoms with van der Waals surface area (Å²) in [6.45, 7) is 3.36. The second kappa shape index (κ2) is 4.13. The zero-order valence-electron chi connectivity index (χ0n) is 8.65. The first-order chi connectivity index (χ1) is 7.00. The van der Waals surface area contributed by atoms with Gasteiger partial charge < -0.3 is 10.4 Å². The van der Waals surface area contributed by atoms with E-state index in [1.807, 2.05) is 19.1 Å². The third kappa shape index (κ3) is 2.15. The minimum absolute atomic E-state index is 0.397. The van der Waals surface area contributed by atoms with Crippen LogP contribution in [0.15, 0.2) is 24.3 Å². The second-order valence-electron chi connectivity index (χ2n) is 3.56. The molecule has 1 rings (SSSR count). The number of hydrogen-bond donors (Lipinski definition) is 2. The lowest BCUT2D eigenvalue weighted by Crippen LogP contribution is -2.45. The molecular weight excluding hydrogens is 194 g/mol. The SMILES string of the molecule is Cc1ccc(C(C)(NC=O)C(=O)O)cc1. The highest BCUT2D eigenvalue weighted by Gasteiger charge is 2.34. The van der Waals surface area contributed by atoms with E-state index in [0.717, 1.165) is 5.56 Å². The number of carbonyl (C=O) groups is 2. The molecule has 1 aromatic rings. The monoisotopic (exact) mass is 207 g/mol. The van der Waals surface area contributed by atoms with Gasteiger partial charge in [-0.1, -0.05) is 29.8 Å². The highest BCUT2D eigenvalue weighted by Crippen LogP contribution is 2.20. The lowest BCUT2D eigenvalue weighted by atomic mass is 9.92. The van der Waals surface area contributed by atoms with Gasteiger partial charge in [0.05, 0.1) is 0 Å². The zero-order chi connectivity index (χ0) is 11.5. The van der Waals surface area contributed by atoms with Crippen molar-refractivity contribution in [2.24, 2.45) is 0 Å². The number of carbonyl (C=O) groups excluding carboxylic acids is 1. The molecule has 0 bridgehead atoms. The van der Waals surface area contributed by atoms with Crippen molar-refractivity contribution >= 4 is 12.4 Å². The maximum Gasteiger partial charge on any atom is 0.333 e. The van der Waals surface area contributed by atoms with Crippen LogP contribution in [0.4, 0.5) is 0 Å². The molecule has 4 nitrogen and oxygen atoms in total. The Hall–Kier alpha value is -1.84. The summed E-state index contributed by atoms with van der Waals surface area (Å²) in [6.07, 6.45) is 0.397. The molecule has 1 amide bonds. The summed E-state index contributed by atoms with van der Waals surface area (Å²) >= 11 is 0. The fourth-order valence-electron chi connectivity index (χ4n) is 1.27. The van der Waals surface area contributed by atoms with Gasteiger partial charge in [0, 0.05) is 0 Å². The Balaban J connectivity index is 3.14. The van der Waals surface area contributed by atoms with E-state index < -0.39 is 11.5 Å². The maximum absolute atomic E-state index is 11.1. The molecule has 80 valence electrons. The van der Waals surface area contributed by atoms with Crippen LogP contribution >= 0.6 is 0 Å². The van der Waals surface area contributed by atoms with E-state index in [1.165, 1.54) is 6.92 Å². The van der Waals surface area contributed by atoms with E-state index in [1.54, 1.807) is 12.1 Å². The summed E-state index contributed by atoms with van der Waals surface area (Å²) in [5.74, 6) is -1.08. The van der Waals surface area contributed by atoms with E-state index in [-0.39, 0.29) is 0 Å². The largest absolute Gasteiger partial charge is 0.479 e. The molecule has 1 aromatic carbocycles. The Kier molecular flexibility index (Phi) is 3.09. The van der Waals surface area contributed by atoms with Crippen LogP contribution in [0.3, 0.4) is 0 Å². The van der Waals surface area contributed by atoms with Gasteiger partial charge in [0.2, 0.25) is 6.41 Å². The van der Waals surface area contributed by atoms with Crippen LogP contribution in [0, 0.1) is 6.92 Å². The van der Waals surface area contributed by atoms with Crippen LogP contribution in [0.2, 0.25) is 0 Å². The molecule has 0 saturated heterocycles. The third-order valence-electron chi connectivity index (χ3n) is 2.40. The predicted molar refractivity (Wildman–Crippen MR) is 55.4 cm³/mol. The zero-order valence-corrected chi connectivity index (χ0v) is 8.65. The molecule has 2 N–H and O–H groups in total. The Labute approximate surface area is 87.9 Å². The van der Waals surface area contributed by atoms with Crippen molar-refractivity contribution in [1.29, 1.82) is 0 Å². The molecular formula is C11H13NO3. The molecule has 1 atom stereocenters. The lowest BCUT2D eigenvalue weighted by molar-refractivity contribution is -0.145. The second-order valence-corrected chi connectivity index (χ2v) is 3.56. The molecule has 1 unspecified atom stereocenters. The van der Waals surface area contributed by atoms with Gasteiger partial charge in [0.1, 0.15) is 0 Å². The summed E-state index contributed by atoms with van der Waals surface area (Å²) in [5.41, 5.74) is 0.223. The first kappa shape index (κ1) is 11.2. The first-order valence-corrected chi connectivity index (χ1v) is 4.52. The summed E-state index contributed by atoms with van der Waals surface area (Å²) < 4.78 is 0. The van der Waals surface area contributed by atoms with E-state index in [2.05, 4.69) is 5.32 Å². The van der Waals surface area contributed by atoms with Gasteiger partial charge in [0.15, 0.2) is 5.54 Å². The number of hydrogen-bond acceptors (Lipinski definition) is 2. The van der Waals surface area contributed by atoms with Crippen molar-refractivity contribution in [1.82, 2.24) is 5.32 Å². The van der Waals surface area contributed by atoms with Gasteiger partial charge in [0.25, 0.3) is 0 Å². The Bertz CT molecular complexity index is 372. The smallest absolute Gasteiger partial charge is 0.333 e. The Morgan fingerprint density at radius 3 is 2.33 bits per heavy atom. The minimum Gasteiger partial charge on any atom is -0.479 e. The van der Waals surface area contributed by atoms with Crippen LogP contribution in [-0.4, -0.2) is 17.5 Å². The molecule has 0 saturated carbocycles. The number of carboxylic acids is 1. The lowest BCUT2D eigenvalue weighted by Gasteiger charge is -2.24. The van der Waals surface area contributed by atoms with Crippen molar-refractivity contribution in [3.05, 3.63) is 35.4 Å². The number of carboxylic acid groups (broad SMARTS) is 1. The molecule has 0 aromatic heterocycles. The van der Waals surface area contributed by atoms with Crippen LogP contribution in [0.5, 0.6) is 0 Å². The van der Waals surface area contributed by atoms with Crippen LogP contribution in [0.1, 0.15) is 18.1 Å². The minimum atomic E-state index is -1.37. The molecule has 0 heterocycles. The fraction of sp³-hybridized carbons (Fsp3) is 0.273. The number of amides is 1. The van der Waals surface area contributed by atoms with E-state index >= 15 is 0 Å². The van der Waals surface area contributed by atoms with Gasteiger partial charge in [-0.2, -0.15) is 0 Å². The van der Waals surface area contributed by atoms with Crippen molar-refractivity contribution < 1.29 is 14.7 Å². The highest BCUT2D eigenvalue weighted by atomic mass is 16.4. The molecule has 0 fully saturated rings. The van der Waals surface area contributed by atoms with Gasteiger partial charge in [-0.05, 0) is 19.4 Å². The average molecular weight is 207 g/mol. The van der Waals surface area contributed by atoms with Gasteiger partial charge in [-0.3, -0.25) is 4.79 Å². The van der Waals surface area contributed by atoms with Gasteiger partial charge in [-0.25, -0.2) is 4.79 Å². The van der Waals surface area contributed by atoms with Crippen molar-refractivity contribution in [3.63, 3.8) is 0 Å². The van der Waals surface area contributed by atoms with Crippen molar-refractivity contribution in [2.75, 3.05) is 0 Å². The number of rotatable bonds is 4. The molecule has 0 radical (unpaired) electrons. The Morgan fingerprint density at radius 2 is 1.93 bits per heavy atom. The molecule has 4 heteroatoms. The quantitative estimate of drug-likeness (QED) is 0.725. The highest BCUT2D eigenvalue weighted by molar-refractivity contribution is 5.82. The van der Waals surface area contributed by atoms with E-state index in [0.29, 0.717) is 12.0 Å². The summed E-state index contributed by atoms with van der Waals surface area (Å²) in [4.78, 5) is 21.5. The summed E-state index contributed by atoms with van der Waals surface area (Å²) in [7, 11) is 0.